The summed E-state index contributed by atoms with van der Waals surface area (Å²) in [5.41, 5.74) is 5.46. The van der Waals surface area contributed by atoms with E-state index in [4.69, 9.17) is 15.9 Å². The summed E-state index contributed by atoms with van der Waals surface area (Å²) in [6.45, 7) is 4.26. The van der Waals surface area contributed by atoms with Crippen LogP contribution < -0.4 is 5.73 Å². The first kappa shape index (κ1) is 11.8. The summed E-state index contributed by atoms with van der Waals surface area (Å²) in [5.74, 6) is 0.0513. The molecule has 86 valence electrons. The number of carbonyl (C=O) groups excluding carboxylic acids is 1. The van der Waals surface area contributed by atoms with Crippen LogP contribution >= 0.6 is 0 Å². The summed E-state index contributed by atoms with van der Waals surface area (Å²) < 4.78 is 5.10. The van der Waals surface area contributed by atoms with Crippen molar-refractivity contribution in [1.29, 1.82) is 5.41 Å². The number of ether oxygens (including phenoxy) is 1. The molecule has 1 aliphatic rings. The lowest BCUT2D eigenvalue weighted by Gasteiger charge is -2.34. The third kappa shape index (κ3) is 3.11. The lowest BCUT2D eigenvalue weighted by molar-refractivity contribution is 0.0633. The van der Waals surface area contributed by atoms with E-state index in [1.165, 1.54) is 0 Å². The van der Waals surface area contributed by atoms with Gasteiger partial charge in [0.2, 0.25) is 0 Å². The molecule has 0 aromatic carbocycles. The smallest absolute Gasteiger partial charge is 0.410 e. The van der Waals surface area contributed by atoms with E-state index < -0.39 is 0 Å². The Hall–Kier alpha value is -1.26. The maximum atomic E-state index is 11.7. The number of likely N-dealkylation sites (tertiary alicyclic amines) is 1. The predicted molar refractivity (Wildman–Crippen MR) is 57.9 cm³/mol. The number of amidine groups is 1. The summed E-state index contributed by atoms with van der Waals surface area (Å²) in [7, 11) is 0. The Balaban J connectivity index is 2.63. The maximum absolute atomic E-state index is 11.7. The summed E-state index contributed by atoms with van der Waals surface area (Å²) in [6.07, 6.45) is 2.24. The molecule has 1 saturated heterocycles. The van der Waals surface area contributed by atoms with E-state index >= 15 is 0 Å². The lowest BCUT2D eigenvalue weighted by atomic mass is 10.0. The van der Waals surface area contributed by atoms with Gasteiger partial charge in [0.1, 0.15) is 5.84 Å². The van der Waals surface area contributed by atoms with Crippen molar-refractivity contribution in [2.45, 2.75) is 45.3 Å². The molecule has 0 aliphatic carbocycles. The molecule has 1 amide bonds. The first-order valence-electron chi connectivity index (χ1n) is 5.33. The van der Waals surface area contributed by atoms with Crippen LogP contribution in [0.2, 0.25) is 0 Å². The molecule has 1 fully saturated rings. The summed E-state index contributed by atoms with van der Waals surface area (Å²) in [6, 6.07) is -0.273. The van der Waals surface area contributed by atoms with Crippen LogP contribution in [0.3, 0.4) is 0 Å². The Bertz CT molecular complexity index is 253. The van der Waals surface area contributed by atoms with Crippen LogP contribution in [-0.2, 0) is 4.74 Å². The Kier molecular flexibility index (Phi) is 3.94. The number of amides is 1. The van der Waals surface area contributed by atoms with Crippen LogP contribution in [0.1, 0.15) is 33.1 Å². The first-order chi connectivity index (χ1) is 7.02. The number of carbonyl (C=O) groups is 1. The fourth-order valence-electron chi connectivity index (χ4n) is 1.74. The Labute approximate surface area is 90.1 Å². The maximum Gasteiger partial charge on any atom is 0.410 e. The van der Waals surface area contributed by atoms with Crippen molar-refractivity contribution >= 4 is 11.9 Å². The number of nitrogens with zero attached hydrogens (tertiary/aromatic N) is 1. The van der Waals surface area contributed by atoms with Crippen LogP contribution in [0.25, 0.3) is 0 Å². The molecular weight excluding hydrogens is 194 g/mol. The van der Waals surface area contributed by atoms with Crippen molar-refractivity contribution in [1.82, 2.24) is 4.90 Å². The van der Waals surface area contributed by atoms with Gasteiger partial charge in [-0.05, 0) is 33.1 Å². The van der Waals surface area contributed by atoms with Crippen molar-refractivity contribution in [2.75, 3.05) is 6.54 Å². The standard InChI is InChI=1S/C10H19N3O2/c1-7(2)15-10(14)13-6-4-3-5-8(13)9(11)12/h7-8H,3-6H2,1-2H3,(H3,11,12). The molecule has 0 aromatic heterocycles. The molecule has 0 saturated carbocycles. The van der Waals surface area contributed by atoms with Crippen LogP contribution in [0, 0.1) is 5.41 Å². The largest absolute Gasteiger partial charge is 0.447 e. The van der Waals surface area contributed by atoms with Gasteiger partial charge in [-0.1, -0.05) is 0 Å². The molecule has 1 atom stereocenters. The quantitative estimate of drug-likeness (QED) is 0.536. The molecule has 5 heteroatoms. The fourth-order valence-corrected chi connectivity index (χ4v) is 1.74. The van der Waals surface area contributed by atoms with E-state index in [0.717, 1.165) is 19.3 Å². The second-order valence-corrected chi connectivity index (χ2v) is 4.09. The zero-order valence-electron chi connectivity index (χ0n) is 9.32. The molecule has 1 rings (SSSR count). The third-order valence-corrected chi connectivity index (χ3v) is 2.43. The number of nitrogens with one attached hydrogen (secondary N) is 1. The minimum Gasteiger partial charge on any atom is -0.447 e. The number of hydrogen-bond acceptors (Lipinski definition) is 3. The zero-order valence-corrected chi connectivity index (χ0v) is 9.32. The highest BCUT2D eigenvalue weighted by atomic mass is 16.6. The topological polar surface area (TPSA) is 79.4 Å². The average Bonchev–Trinajstić information content (AvgIpc) is 2.16. The zero-order chi connectivity index (χ0) is 11.4. The van der Waals surface area contributed by atoms with Crippen molar-refractivity contribution in [2.24, 2.45) is 5.73 Å². The van der Waals surface area contributed by atoms with Crippen molar-refractivity contribution in [3.8, 4) is 0 Å². The van der Waals surface area contributed by atoms with E-state index in [2.05, 4.69) is 0 Å². The normalized spacial score (nSPS) is 21.5. The fraction of sp³-hybridized carbons (Fsp3) is 0.800. The van der Waals surface area contributed by atoms with Gasteiger partial charge in [-0.25, -0.2) is 4.79 Å². The minimum atomic E-state index is -0.357. The monoisotopic (exact) mass is 213 g/mol. The van der Waals surface area contributed by atoms with Gasteiger partial charge in [0.05, 0.1) is 12.1 Å². The van der Waals surface area contributed by atoms with Gasteiger partial charge < -0.3 is 10.5 Å². The van der Waals surface area contributed by atoms with Gasteiger partial charge in [0, 0.05) is 6.54 Å². The SMILES string of the molecule is CC(C)OC(=O)N1CCCCC1C(=N)N. The van der Waals surface area contributed by atoms with E-state index in [1.807, 2.05) is 13.8 Å². The second kappa shape index (κ2) is 5.00. The molecule has 5 nitrogen and oxygen atoms in total. The van der Waals surface area contributed by atoms with Crippen LogP contribution in [0.4, 0.5) is 4.79 Å². The lowest BCUT2D eigenvalue weighted by Crippen LogP contribution is -2.50. The third-order valence-electron chi connectivity index (χ3n) is 2.43. The molecular formula is C10H19N3O2. The second-order valence-electron chi connectivity index (χ2n) is 4.09. The summed E-state index contributed by atoms with van der Waals surface area (Å²) in [4.78, 5) is 13.2. The molecule has 3 N–H and O–H groups in total. The molecule has 0 spiro atoms. The molecule has 0 aromatic rings. The van der Waals surface area contributed by atoms with E-state index in [0.29, 0.717) is 6.54 Å². The van der Waals surface area contributed by atoms with Gasteiger partial charge in [-0.15, -0.1) is 0 Å². The highest BCUT2D eigenvalue weighted by molar-refractivity contribution is 5.86. The number of piperidine rings is 1. The molecule has 1 aliphatic heterocycles. The molecule has 1 unspecified atom stereocenters. The number of rotatable bonds is 2. The number of nitrogens with two attached hydrogens (primary N) is 1. The van der Waals surface area contributed by atoms with Gasteiger partial charge >= 0.3 is 6.09 Å². The van der Waals surface area contributed by atoms with Crippen LogP contribution in [-0.4, -0.2) is 35.5 Å². The van der Waals surface area contributed by atoms with Gasteiger partial charge in [0.25, 0.3) is 0 Å². The minimum absolute atomic E-state index is 0.0513. The van der Waals surface area contributed by atoms with E-state index in [-0.39, 0.29) is 24.1 Å². The Morgan fingerprint density at radius 3 is 2.73 bits per heavy atom. The summed E-state index contributed by atoms with van der Waals surface area (Å²) in [5, 5.41) is 7.42. The van der Waals surface area contributed by atoms with Crippen LogP contribution in [0.5, 0.6) is 0 Å². The molecule has 0 bridgehead atoms. The molecule has 0 radical (unpaired) electrons. The van der Waals surface area contributed by atoms with Gasteiger partial charge in [-0.3, -0.25) is 10.3 Å². The van der Waals surface area contributed by atoms with Crippen molar-refractivity contribution in [3.63, 3.8) is 0 Å². The molecule has 1 heterocycles. The van der Waals surface area contributed by atoms with Crippen molar-refractivity contribution < 1.29 is 9.53 Å². The highest BCUT2D eigenvalue weighted by Gasteiger charge is 2.30. The summed E-state index contributed by atoms with van der Waals surface area (Å²) >= 11 is 0. The van der Waals surface area contributed by atoms with E-state index in [1.54, 1.807) is 4.90 Å². The highest BCUT2D eigenvalue weighted by Crippen LogP contribution is 2.18. The Morgan fingerprint density at radius 2 is 2.20 bits per heavy atom. The van der Waals surface area contributed by atoms with Crippen molar-refractivity contribution in [3.05, 3.63) is 0 Å². The number of hydrogen-bond donors (Lipinski definition) is 2. The molecule has 15 heavy (non-hydrogen) atoms. The van der Waals surface area contributed by atoms with Gasteiger partial charge in [0.15, 0.2) is 0 Å². The van der Waals surface area contributed by atoms with E-state index in [9.17, 15) is 4.79 Å². The van der Waals surface area contributed by atoms with Gasteiger partial charge in [-0.2, -0.15) is 0 Å². The van der Waals surface area contributed by atoms with Crippen LogP contribution in [0.15, 0.2) is 0 Å². The Morgan fingerprint density at radius 1 is 1.53 bits per heavy atom. The predicted octanol–water partition coefficient (Wildman–Crippen LogP) is 1.32. The first-order valence-corrected chi connectivity index (χ1v) is 5.33. The average molecular weight is 213 g/mol.